The van der Waals surface area contributed by atoms with E-state index in [0.717, 1.165) is 16.8 Å². The van der Waals surface area contributed by atoms with Gasteiger partial charge in [0.15, 0.2) is 5.50 Å². The molecule has 3 rings (SSSR count). The van der Waals surface area contributed by atoms with Crippen molar-refractivity contribution in [2.75, 3.05) is 19.5 Å². The molecule has 30 heavy (non-hydrogen) atoms. The molecule has 2 unspecified atom stereocenters. The van der Waals surface area contributed by atoms with Gasteiger partial charge in [-0.05, 0) is 0 Å². The molecule has 0 aromatic carbocycles. The molecule has 15 heteroatoms. The Kier molecular flexibility index (Phi) is 6.52. The third-order valence-electron chi connectivity index (χ3n) is 4.23. The first-order valence-electron chi connectivity index (χ1n) is 8.44. The molecule has 3 heterocycles. The highest BCUT2D eigenvalue weighted by Gasteiger charge is 2.54. The number of nitrogens with zero attached hydrogens (tertiary/aromatic N) is 4. The van der Waals surface area contributed by atoms with Gasteiger partial charge in [0, 0.05) is 30.2 Å². The minimum Gasteiger partial charge on any atom is -0.477 e. The molecule has 0 aliphatic carbocycles. The van der Waals surface area contributed by atoms with Crippen molar-refractivity contribution in [1.82, 2.24) is 15.1 Å². The van der Waals surface area contributed by atoms with Crippen LogP contribution in [0.25, 0.3) is 0 Å². The van der Waals surface area contributed by atoms with Crippen LogP contribution in [-0.4, -0.2) is 87.2 Å². The van der Waals surface area contributed by atoms with Crippen LogP contribution >= 0.6 is 23.7 Å². The van der Waals surface area contributed by atoms with Crippen LogP contribution in [0.3, 0.4) is 0 Å². The minimum atomic E-state index is -1.32. The number of nitrogens with one attached hydrogen (secondary N) is 1. The molecular formula is C15H18N6O7S2. The second-order valence-corrected chi connectivity index (χ2v) is 8.13. The summed E-state index contributed by atoms with van der Waals surface area (Å²) >= 11 is 2.26. The van der Waals surface area contributed by atoms with Crippen molar-refractivity contribution in [2.45, 2.75) is 23.8 Å². The van der Waals surface area contributed by atoms with Gasteiger partial charge in [0.25, 0.3) is 11.8 Å². The molecule has 13 nitrogen and oxygen atoms in total. The van der Waals surface area contributed by atoms with Gasteiger partial charge in [0.2, 0.25) is 5.84 Å². The number of hydrogen-bond acceptors (Lipinski definition) is 11. The summed E-state index contributed by atoms with van der Waals surface area (Å²) in [6, 6.07) is -0.974. The monoisotopic (exact) mass is 458 g/mol. The number of fused-ring (bicyclic) bond motifs is 1. The summed E-state index contributed by atoms with van der Waals surface area (Å²) in [6.45, 7) is 0.973. The summed E-state index contributed by atoms with van der Waals surface area (Å²) in [5, 5.41) is 15.1. The molecule has 0 aromatic rings. The minimum absolute atomic E-state index is 0.199. The predicted molar refractivity (Wildman–Crippen MR) is 107 cm³/mol. The molecular weight excluding hydrogens is 440 g/mol. The number of esters is 1. The van der Waals surface area contributed by atoms with Crippen molar-refractivity contribution in [3.63, 3.8) is 0 Å². The third kappa shape index (κ3) is 4.08. The molecule has 1 saturated heterocycles. The molecule has 0 saturated carbocycles. The number of thioether (sulfide) groups is 1. The second-order valence-electron chi connectivity index (χ2n) is 6.12. The quantitative estimate of drug-likeness (QED) is 0.109. The summed E-state index contributed by atoms with van der Waals surface area (Å²) in [6.07, 6.45) is 1.31. The zero-order valence-electron chi connectivity index (χ0n) is 15.8. The highest BCUT2D eigenvalue weighted by Crippen LogP contribution is 2.40. The Balaban J connectivity index is 1.75. The highest BCUT2D eigenvalue weighted by molar-refractivity contribution is 8.00. The maximum Gasteiger partial charge on any atom is 0.352 e. The van der Waals surface area contributed by atoms with Crippen LogP contribution in [0, 0.1) is 0 Å². The average Bonchev–Trinajstić information content (AvgIpc) is 3.12. The van der Waals surface area contributed by atoms with Gasteiger partial charge in [0.05, 0.1) is 0 Å². The number of rotatable bonds is 5. The lowest BCUT2D eigenvalue weighted by Gasteiger charge is -2.49. The van der Waals surface area contributed by atoms with E-state index in [4.69, 9.17) is 15.3 Å². The van der Waals surface area contributed by atoms with Gasteiger partial charge in [-0.2, -0.15) is 0 Å². The van der Waals surface area contributed by atoms with Crippen LogP contribution in [0.4, 0.5) is 0 Å². The highest BCUT2D eigenvalue weighted by atomic mass is 32.2. The van der Waals surface area contributed by atoms with E-state index < -0.39 is 40.7 Å². The Bertz CT molecular complexity index is 876. The Hall–Kier alpha value is -2.78. The smallest absolute Gasteiger partial charge is 0.352 e. The van der Waals surface area contributed by atoms with Crippen molar-refractivity contribution in [2.24, 2.45) is 15.3 Å². The molecule has 162 valence electrons. The summed E-state index contributed by atoms with van der Waals surface area (Å²) in [5.74, 6) is -3.20. The summed E-state index contributed by atoms with van der Waals surface area (Å²) in [5.41, 5.74) is 5.21. The average molecular weight is 458 g/mol. The van der Waals surface area contributed by atoms with E-state index in [0.29, 0.717) is 5.57 Å². The number of aliphatic carboxylic acids is 1. The van der Waals surface area contributed by atoms with Crippen LogP contribution in [0.2, 0.25) is 0 Å². The van der Waals surface area contributed by atoms with Crippen LogP contribution in [0.1, 0.15) is 6.92 Å². The fraction of sp³-hybridized carbons (Fsp3) is 0.467. The fourth-order valence-corrected chi connectivity index (χ4v) is 4.78. The number of ether oxygens (including phenoxy) is 1. The fourth-order valence-electron chi connectivity index (χ4n) is 2.91. The number of nitrogens with two attached hydrogens (primary N) is 1. The predicted octanol–water partition coefficient (Wildman–Crippen LogP) is -1.52. The van der Waals surface area contributed by atoms with E-state index in [1.165, 1.54) is 37.0 Å². The Labute approximate surface area is 178 Å². The summed E-state index contributed by atoms with van der Waals surface area (Å²) < 4.78 is 8.76. The number of carboxylic acids is 1. The largest absolute Gasteiger partial charge is 0.477 e. The van der Waals surface area contributed by atoms with Crippen molar-refractivity contribution in [3.8, 4) is 0 Å². The normalized spacial score (nSPS) is 25.6. The van der Waals surface area contributed by atoms with Crippen molar-refractivity contribution in [1.29, 1.82) is 0 Å². The topological polar surface area (TPSA) is 176 Å². The molecule has 0 aromatic heterocycles. The molecule has 0 spiro atoms. The zero-order chi connectivity index (χ0) is 22.0. The maximum atomic E-state index is 12.7. The van der Waals surface area contributed by atoms with Crippen LogP contribution in [0.5, 0.6) is 0 Å². The number of carboxylic acid groups (broad SMARTS) is 1. The molecule has 1 fully saturated rings. The lowest BCUT2D eigenvalue weighted by Crippen LogP contribution is -2.71. The van der Waals surface area contributed by atoms with Crippen LogP contribution in [0.15, 0.2) is 20.8 Å². The van der Waals surface area contributed by atoms with Gasteiger partial charge in [-0.1, -0.05) is 5.16 Å². The molecule has 0 radical (unpaired) electrons. The summed E-state index contributed by atoms with van der Waals surface area (Å²) in [7, 11) is 1.25. The first-order chi connectivity index (χ1) is 14.3. The van der Waals surface area contributed by atoms with E-state index in [9.17, 15) is 24.3 Å². The number of oxime groups is 1. The van der Waals surface area contributed by atoms with E-state index in [1.54, 1.807) is 0 Å². The molecule has 2 amide bonds. The number of β-lactam (4-membered cyclic amide) rings is 1. The van der Waals surface area contributed by atoms with Crippen molar-refractivity contribution < 1.29 is 33.9 Å². The number of amides is 2. The molecule has 4 N–H and O–H groups in total. The summed E-state index contributed by atoms with van der Waals surface area (Å²) in [4.78, 5) is 55.1. The standard InChI is InChI=1S/C15H18N6O7S2/c1-6(22)28-3-7-4-29-13-8(12(24)21(13)9(7)14(25)26)18-11(23)10(19-27-2)20-5-17-30-15(20)16/h5,8,13,15H,3-4,16H2,1-2H3,(H,18,23)(H,25,26)/b19-10-/t8?,13-,15?/m1/s1. The first-order valence-corrected chi connectivity index (χ1v) is 10.3. The molecule has 3 aliphatic rings. The van der Waals surface area contributed by atoms with Gasteiger partial charge in [-0.15, -0.1) is 11.8 Å². The zero-order valence-corrected chi connectivity index (χ0v) is 17.4. The Morgan fingerprint density at radius 3 is 2.77 bits per heavy atom. The Morgan fingerprint density at radius 2 is 2.20 bits per heavy atom. The lowest BCUT2D eigenvalue weighted by molar-refractivity contribution is -0.150. The van der Waals surface area contributed by atoms with E-state index in [1.807, 2.05) is 0 Å². The van der Waals surface area contributed by atoms with Gasteiger partial charge in [-0.25, -0.2) is 9.19 Å². The van der Waals surface area contributed by atoms with E-state index in [-0.39, 0.29) is 23.9 Å². The van der Waals surface area contributed by atoms with E-state index >= 15 is 0 Å². The van der Waals surface area contributed by atoms with Gasteiger partial charge < -0.3 is 25.7 Å². The van der Waals surface area contributed by atoms with Crippen molar-refractivity contribution in [3.05, 3.63) is 11.3 Å². The Morgan fingerprint density at radius 1 is 1.47 bits per heavy atom. The van der Waals surface area contributed by atoms with Crippen LogP contribution in [-0.2, 0) is 28.8 Å². The van der Waals surface area contributed by atoms with Crippen molar-refractivity contribution >= 4 is 59.6 Å². The third-order valence-corrected chi connectivity index (χ3v) is 6.22. The molecule has 0 bridgehead atoms. The number of hydrogen-bond donors (Lipinski definition) is 3. The van der Waals surface area contributed by atoms with Crippen LogP contribution < -0.4 is 11.1 Å². The van der Waals surface area contributed by atoms with Gasteiger partial charge in [0.1, 0.15) is 37.2 Å². The van der Waals surface area contributed by atoms with Gasteiger partial charge in [-0.3, -0.25) is 24.2 Å². The second kappa shape index (κ2) is 8.93. The van der Waals surface area contributed by atoms with E-state index in [2.05, 4.69) is 14.9 Å². The number of carbonyl (C=O) groups is 4. The molecule has 3 aliphatic heterocycles. The SMILES string of the molecule is CO/N=C(/C(=O)NC1C(=O)N2C(C(=O)O)=C(COC(C)=O)CS[C@H]12)N1C=NSC1N. The number of amidine groups is 1. The maximum absolute atomic E-state index is 12.7. The first kappa shape index (κ1) is 21.9. The lowest BCUT2D eigenvalue weighted by atomic mass is 10.0. The van der Waals surface area contributed by atoms with Gasteiger partial charge >= 0.3 is 11.9 Å². The number of carbonyl (C=O) groups excluding carboxylic acids is 3. The molecule has 3 atom stereocenters.